The normalized spacial score (nSPS) is 21.6. The van der Waals surface area contributed by atoms with E-state index in [1.165, 1.54) is 145 Å². The molecule has 0 bridgehead atoms. The minimum absolute atomic E-state index is 0.778. The van der Waals surface area contributed by atoms with Crippen molar-refractivity contribution in [3.05, 3.63) is 65.7 Å². The van der Waals surface area contributed by atoms with Gasteiger partial charge in [0.2, 0.25) is 0 Å². The summed E-state index contributed by atoms with van der Waals surface area (Å²) >= 11 is 0. The van der Waals surface area contributed by atoms with Gasteiger partial charge in [0, 0.05) is 0 Å². The van der Waals surface area contributed by atoms with Crippen molar-refractivity contribution in [2.75, 3.05) is 0 Å². The fourth-order valence-electron chi connectivity index (χ4n) is 7.27. The number of hydrogen-bond acceptors (Lipinski definition) is 0. The quantitative estimate of drug-likeness (QED) is 0.191. The lowest BCUT2D eigenvalue weighted by molar-refractivity contribution is 0.302. The second kappa shape index (κ2) is 17.1. The molecule has 0 amide bonds. The van der Waals surface area contributed by atoms with Gasteiger partial charge in [0.05, 0.1) is 0 Å². The summed E-state index contributed by atoms with van der Waals surface area (Å²) in [6.07, 6.45) is 30.7. The maximum atomic E-state index is 2.54. The van der Waals surface area contributed by atoms with Crippen molar-refractivity contribution in [1.29, 1.82) is 0 Å². The summed E-state index contributed by atoms with van der Waals surface area (Å²) in [6.45, 7) is 4.61. The number of unbranched alkanes of at least 4 members (excludes halogenated alkanes) is 9. The van der Waals surface area contributed by atoms with Gasteiger partial charge in [-0.2, -0.15) is 0 Å². The zero-order valence-electron chi connectivity index (χ0n) is 25.6. The number of rotatable bonds is 16. The lowest BCUT2D eigenvalue weighted by atomic mass is 9.77. The maximum Gasteiger partial charge on any atom is -0.0162 e. The highest BCUT2D eigenvalue weighted by atomic mass is 14.3. The number of hydrogen-bond donors (Lipinski definition) is 0. The molecule has 2 aliphatic carbocycles. The molecule has 214 valence electrons. The zero-order chi connectivity index (χ0) is 27.1. The van der Waals surface area contributed by atoms with Crippen molar-refractivity contribution < 1.29 is 0 Å². The van der Waals surface area contributed by atoms with E-state index in [0.29, 0.717) is 0 Å². The van der Waals surface area contributed by atoms with Crippen LogP contribution in [0.2, 0.25) is 0 Å². The summed E-state index contributed by atoms with van der Waals surface area (Å²) in [5, 5.41) is 0. The first-order valence-electron chi connectivity index (χ1n) is 17.2. The minimum Gasteiger partial charge on any atom is -0.0804 e. The van der Waals surface area contributed by atoms with Gasteiger partial charge in [-0.15, -0.1) is 0 Å². The first-order valence-corrected chi connectivity index (χ1v) is 17.2. The Morgan fingerprint density at radius 3 is 1.62 bits per heavy atom. The first kappa shape index (κ1) is 30.1. The topological polar surface area (TPSA) is 0 Å². The van der Waals surface area contributed by atoms with Crippen LogP contribution in [-0.4, -0.2) is 0 Å². The van der Waals surface area contributed by atoms with E-state index in [-0.39, 0.29) is 0 Å². The summed E-state index contributed by atoms with van der Waals surface area (Å²) in [5.41, 5.74) is 7.30. The van der Waals surface area contributed by atoms with Crippen LogP contribution in [0.1, 0.15) is 159 Å². The van der Waals surface area contributed by atoms with E-state index in [1.54, 1.807) is 11.1 Å². The van der Waals surface area contributed by atoms with Crippen LogP contribution >= 0.6 is 0 Å². The summed E-state index contributed by atoms with van der Waals surface area (Å²) < 4.78 is 0. The Hall–Kier alpha value is -1.82. The van der Waals surface area contributed by atoms with Crippen molar-refractivity contribution >= 4 is 5.57 Å². The van der Waals surface area contributed by atoms with Gasteiger partial charge in [0.15, 0.2) is 0 Å². The third kappa shape index (κ3) is 9.95. The largest absolute Gasteiger partial charge is 0.0804 e. The molecule has 2 aromatic rings. The van der Waals surface area contributed by atoms with E-state index in [9.17, 15) is 0 Å². The number of allylic oxidation sites excluding steroid dienone is 2. The van der Waals surface area contributed by atoms with Gasteiger partial charge in [-0.05, 0) is 90.5 Å². The third-order valence-corrected chi connectivity index (χ3v) is 10.0. The summed E-state index contributed by atoms with van der Waals surface area (Å²) in [4.78, 5) is 0. The van der Waals surface area contributed by atoms with Crippen molar-refractivity contribution in [3.8, 4) is 11.1 Å². The molecule has 0 saturated heterocycles. The average Bonchev–Trinajstić information content (AvgIpc) is 3.00. The molecule has 1 fully saturated rings. The lowest BCUT2D eigenvalue weighted by Gasteiger charge is -2.29. The highest BCUT2D eigenvalue weighted by Crippen LogP contribution is 2.39. The van der Waals surface area contributed by atoms with E-state index < -0.39 is 0 Å². The molecule has 0 spiro atoms. The van der Waals surface area contributed by atoms with Crippen molar-refractivity contribution in [1.82, 2.24) is 0 Å². The van der Waals surface area contributed by atoms with E-state index in [2.05, 4.69) is 68.5 Å². The first-order chi connectivity index (χ1) is 19.3. The smallest absolute Gasteiger partial charge is 0.0162 e. The molecule has 1 atom stereocenters. The second-order valence-electron chi connectivity index (χ2n) is 13.0. The molecule has 0 aliphatic heterocycles. The Labute approximate surface area is 242 Å². The van der Waals surface area contributed by atoms with Crippen LogP contribution in [0, 0.1) is 11.8 Å². The zero-order valence-corrected chi connectivity index (χ0v) is 25.6. The van der Waals surface area contributed by atoms with Crippen LogP contribution in [0.15, 0.2) is 54.6 Å². The Bertz CT molecular complexity index is 939. The Morgan fingerprint density at radius 2 is 1.03 bits per heavy atom. The maximum absolute atomic E-state index is 2.54. The van der Waals surface area contributed by atoms with E-state index >= 15 is 0 Å². The van der Waals surface area contributed by atoms with Crippen LogP contribution < -0.4 is 0 Å². The molecule has 0 N–H and O–H groups in total. The van der Waals surface area contributed by atoms with Crippen LogP contribution in [0.5, 0.6) is 0 Å². The molecule has 4 rings (SSSR count). The van der Waals surface area contributed by atoms with Crippen LogP contribution in [0.3, 0.4) is 0 Å². The molecule has 2 aliphatic rings. The lowest BCUT2D eigenvalue weighted by Crippen LogP contribution is -2.13. The van der Waals surface area contributed by atoms with E-state index in [1.807, 2.05) is 0 Å². The predicted molar refractivity (Wildman–Crippen MR) is 173 cm³/mol. The molecule has 39 heavy (non-hydrogen) atoms. The van der Waals surface area contributed by atoms with Gasteiger partial charge in [-0.25, -0.2) is 0 Å². The summed E-state index contributed by atoms with van der Waals surface area (Å²) in [5.74, 6) is 2.69. The SMILES string of the molecule is CCCCCCCCCC1CCC(c2ccc(-c3ccc(C4=CCC(CCCCCC)CC4)cc3)cc2)CC1. The fourth-order valence-corrected chi connectivity index (χ4v) is 7.27. The highest BCUT2D eigenvalue weighted by molar-refractivity contribution is 5.71. The van der Waals surface area contributed by atoms with Gasteiger partial charge in [0.25, 0.3) is 0 Å². The highest BCUT2D eigenvalue weighted by Gasteiger charge is 2.22. The molecule has 0 heterocycles. The summed E-state index contributed by atoms with van der Waals surface area (Å²) in [6, 6.07) is 19.0. The molecular formula is C39H58. The third-order valence-electron chi connectivity index (χ3n) is 10.0. The van der Waals surface area contributed by atoms with Gasteiger partial charge in [0.1, 0.15) is 0 Å². The van der Waals surface area contributed by atoms with E-state index in [0.717, 1.165) is 17.8 Å². The molecule has 0 aromatic heterocycles. The monoisotopic (exact) mass is 526 g/mol. The molecule has 0 radical (unpaired) electrons. The Morgan fingerprint density at radius 1 is 0.513 bits per heavy atom. The van der Waals surface area contributed by atoms with Crippen molar-refractivity contribution in [2.45, 2.75) is 148 Å². The minimum atomic E-state index is 0.778. The predicted octanol–water partition coefficient (Wildman–Crippen LogP) is 12.9. The second-order valence-corrected chi connectivity index (χ2v) is 13.0. The fraction of sp³-hybridized carbons (Fsp3) is 0.641. The molecule has 1 unspecified atom stereocenters. The van der Waals surface area contributed by atoms with Gasteiger partial charge in [-0.3, -0.25) is 0 Å². The molecular weight excluding hydrogens is 468 g/mol. The van der Waals surface area contributed by atoms with Gasteiger partial charge >= 0.3 is 0 Å². The molecule has 0 nitrogen and oxygen atoms in total. The van der Waals surface area contributed by atoms with Crippen molar-refractivity contribution in [2.24, 2.45) is 11.8 Å². The molecule has 0 heteroatoms. The van der Waals surface area contributed by atoms with Crippen LogP contribution in [-0.2, 0) is 0 Å². The Kier molecular flexibility index (Phi) is 13.2. The van der Waals surface area contributed by atoms with Gasteiger partial charge in [-0.1, -0.05) is 152 Å². The summed E-state index contributed by atoms with van der Waals surface area (Å²) in [7, 11) is 0. The Balaban J connectivity index is 1.18. The molecule has 2 aromatic carbocycles. The molecule has 1 saturated carbocycles. The van der Waals surface area contributed by atoms with Gasteiger partial charge < -0.3 is 0 Å². The number of benzene rings is 2. The van der Waals surface area contributed by atoms with E-state index in [4.69, 9.17) is 0 Å². The standard InChI is InChI=1S/C39H58/c1-3-5-7-9-10-11-13-15-33-18-22-35(23-19-33)37-26-30-39(31-27-37)38-28-24-36(25-29-38)34-20-16-32(17-21-34)14-12-8-6-4-2/h20,24-33,35H,3-19,21-23H2,1-2H3. The average molecular weight is 527 g/mol. The van der Waals surface area contributed by atoms with Crippen LogP contribution in [0.25, 0.3) is 16.7 Å². The van der Waals surface area contributed by atoms with Crippen molar-refractivity contribution in [3.63, 3.8) is 0 Å². The van der Waals surface area contributed by atoms with Crippen LogP contribution in [0.4, 0.5) is 0 Å².